The van der Waals surface area contributed by atoms with E-state index in [1.807, 2.05) is 48.5 Å². The molecule has 2 fully saturated rings. The van der Waals surface area contributed by atoms with Crippen molar-refractivity contribution in [3.8, 4) is 11.5 Å². The Balaban J connectivity index is 1.41. The largest absolute Gasteiger partial charge is 0.493 e. The second kappa shape index (κ2) is 12.0. The Bertz CT molecular complexity index is 1110. The van der Waals surface area contributed by atoms with E-state index in [4.69, 9.17) is 9.47 Å². The van der Waals surface area contributed by atoms with Crippen LogP contribution < -0.4 is 14.8 Å². The maximum atomic E-state index is 13.5. The summed E-state index contributed by atoms with van der Waals surface area (Å²) < 4.78 is 11.6. The Morgan fingerprint density at radius 2 is 1.94 bits per heavy atom. The third-order valence-electron chi connectivity index (χ3n) is 6.46. The van der Waals surface area contributed by atoms with E-state index in [2.05, 4.69) is 21.2 Å². The minimum Gasteiger partial charge on any atom is -0.493 e. The molecule has 1 heterocycles. The van der Waals surface area contributed by atoms with Crippen molar-refractivity contribution in [2.45, 2.75) is 43.4 Å². The van der Waals surface area contributed by atoms with E-state index >= 15 is 0 Å². The highest BCUT2D eigenvalue weighted by Gasteiger charge is 2.41. The molecule has 186 valence electrons. The van der Waals surface area contributed by atoms with Crippen molar-refractivity contribution in [3.05, 3.63) is 63.0 Å². The number of amides is 2. The van der Waals surface area contributed by atoms with Crippen LogP contribution in [-0.2, 0) is 16.0 Å². The van der Waals surface area contributed by atoms with E-state index in [1.54, 1.807) is 30.9 Å². The highest BCUT2D eigenvalue weighted by molar-refractivity contribution is 9.10. The van der Waals surface area contributed by atoms with Crippen LogP contribution in [0.5, 0.6) is 11.5 Å². The van der Waals surface area contributed by atoms with Crippen LogP contribution >= 0.6 is 27.7 Å². The van der Waals surface area contributed by atoms with Gasteiger partial charge >= 0.3 is 0 Å². The van der Waals surface area contributed by atoms with Gasteiger partial charge in [0.15, 0.2) is 11.5 Å². The molecular formula is C27H31BrN2O4S. The van der Waals surface area contributed by atoms with Gasteiger partial charge < -0.3 is 19.7 Å². The Hall–Kier alpha value is -2.45. The summed E-state index contributed by atoms with van der Waals surface area (Å²) in [5.41, 5.74) is 2.02. The lowest BCUT2D eigenvalue weighted by molar-refractivity contribution is -0.135. The Labute approximate surface area is 219 Å². The molecule has 2 amide bonds. The summed E-state index contributed by atoms with van der Waals surface area (Å²) >= 11 is 5.18. The van der Waals surface area contributed by atoms with Gasteiger partial charge in [-0.25, -0.2) is 0 Å². The Morgan fingerprint density at radius 1 is 1.14 bits per heavy atom. The van der Waals surface area contributed by atoms with E-state index in [-0.39, 0.29) is 24.4 Å². The van der Waals surface area contributed by atoms with E-state index in [9.17, 15) is 9.59 Å². The SMILES string of the molecule is COc1ccc(CCNC(=O)CN2C(=O)/C(=C\c3cccc(Br)c3)SC3CCCCC32)cc1OC. The average Bonchev–Trinajstić information content (AvgIpc) is 2.86. The minimum absolute atomic E-state index is 0.0480. The monoisotopic (exact) mass is 558 g/mol. The van der Waals surface area contributed by atoms with Crippen molar-refractivity contribution in [1.29, 1.82) is 0 Å². The zero-order valence-corrected chi connectivity index (χ0v) is 22.5. The van der Waals surface area contributed by atoms with Crippen molar-refractivity contribution < 1.29 is 19.1 Å². The zero-order valence-electron chi connectivity index (χ0n) is 20.1. The molecule has 1 aliphatic carbocycles. The van der Waals surface area contributed by atoms with Crippen LogP contribution in [0, 0.1) is 0 Å². The van der Waals surface area contributed by atoms with Crippen LogP contribution in [0.3, 0.4) is 0 Å². The molecule has 2 unspecified atom stereocenters. The van der Waals surface area contributed by atoms with Gasteiger partial charge in [-0.1, -0.05) is 47.0 Å². The number of thioether (sulfide) groups is 1. The van der Waals surface area contributed by atoms with Gasteiger partial charge in [-0.3, -0.25) is 9.59 Å². The minimum atomic E-state index is -0.128. The van der Waals surface area contributed by atoms with Crippen LogP contribution in [0.1, 0.15) is 36.8 Å². The topological polar surface area (TPSA) is 67.9 Å². The van der Waals surface area contributed by atoms with Gasteiger partial charge in [-0.2, -0.15) is 0 Å². The molecule has 1 aliphatic heterocycles. The normalized spacial score (nSPS) is 20.9. The molecule has 8 heteroatoms. The van der Waals surface area contributed by atoms with Gasteiger partial charge in [0.05, 0.1) is 19.1 Å². The number of rotatable bonds is 8. The molecule has 0 radical (unpaired) electrons. The van der Waals surface area contributed by atoms with E-state index in [0.717, 1.165) is 41.3 Å². The molecule has 1 N–H and O–H groups in total. The number of hydrogen-bond donors (Lipinski definition) is 1. The molecular weight excluding hydrogens is 528 g/mol. The lowest BCUT2D eigenvalue weighted by Gasteiger charge is -2.43. The zero-order chi connectivity index (χ0) is 24.8. The third kappa shape index (κ3) is 6.41. The first-order chi connectivity index (χ1) is 17.0. The third-order valence-corrected chi connectivity index (χ3v) is 8.35. The molecule has 0 bridgehead atoms. The van der Waals surface area contributed by atoms with Crippen molar-refractivity contribution in [2.75, 3.05) is 27.3 Å². The van der Waals surface area contributed by atoms with Gasteiger partial charge in [0.1, 0.15) is 6.54 Å². The van der Waals surface area contributed by atoms with Crippen LogP contribution in [0.25, 0.3) is 6.08 Å². The summed E-state index contributed by atoms with van der Waals surface area (Å²) in [6, 6.07) is 13.8. The molecule has 2 atom stereocenters. The smallest absolute Gasteiger partial charge is 0.261 e. The number of nitrogens with zero attached hydrogens (tertiary/aromatic N) is 1. The molecule has 1 saturated carbocycles. The maximum Gasteiger partial charge on any atom is 0.261 e. The number of hydrogen-bond acceptors (Lipinski definition) is 5. The standard InChI is InChI=1S/C27H31BrN2O4S/c1-33-22-11-10-18(15-23(22)34-2)12-13-29-26(31)17-30-21-8-3-4-9-24(21)35-25(27(30)32)16-19-6-5-7-20(28)14-19/h5-7,10-11,14-16,21,24H,3-4,8-9,12-13,17H2,1-2H3,(H,29,31)/b25-16+. The molecule has 0 spiro atoms. The first-order valence-corrected chi connectivity index (χ1v) is 13.6. The molecule has 35 heavy (non-hydrogen) atoms. The molecule has 2 aromatic rings. The lowest BCUT2D eigenvalue weighted by Crippen LogP contribution is -2.54. The maximum absolute atomic E-state index is 13.5. The van der Waals surface area contributed by atoms with Gasteiger partial charge in [0, 0.05) is 22.3 Å². The van der Waals surface area contributed by atoms with Crippen LogP contribution in [0.4, 0.5) is 0 Å². The van der Waals surface area contributed by atoms with Crippen molar-refractivity contribution in [3.63, 3.8) is 0 Å². The number of benzene rings is 2. The average molecular weight is 560 g/mol. The predicted octanol–water partition coefficient (Wildman–Crippen LogP) is 5.05. The predicted molar refractivity (Wildman–Crippen MR) is 144 cm³/mol. The quantitative estimate of drug-likeness (QED) is 0.459. The van der Waals surface area contributed by atoms with Crippen LogP contribution in [0.2, 0.25) is 0 Å². The fourth-order valence-corrected chi connectivity index (χ4v) is 6.59. The molecule has 1 saturated heterocycles. The van der Waals surface area contributed by atoms with Crippen LogP contribution in [0.15, 0.2) is 51.8 Å². The molecule has 4 rings (SSSR count). The van der Waals surface area contributed by atoms with Crippen molar-refractivity contribution >= 4 is 45.6 Å². The number of carbonyl (C=O) groups excluding carboxylic acids is 2. The van der Waals surface area contributed by atoms with E-state index in [1.165, 1.54) is 0 Å². The fraction of sp³-hybridized carbons (Fsp3) is 0.407. The highest BCUT2D eigenvalue weighted by Crippen LogP contribution is 2.42. The molecule has 2 aromatic carbocycles. The number of methoxy groups -OCH3 is 2. The van der Waals surface area contributed by atoms with Gasteiger partial charge in [-0.05, 0) is 60.7 Å². The lowest BCUT2D eigenvalue weighted by atomic mass is 9.93. The number of fused-ring (bicyclic) bond motifs is 1. The Kier molecular flexibility index (Phi) is 8.78. The van der Waals surface area contributed by atoms with Gasteiger partial charge in [0.25, 0.3) is 5.91 Å². The molecule has 2 aliphatic rings. The summed E-state index contributed by atoms with van der Waals surface area (Å²) in [5.74, 6) is 1.17. The van der Waals surface area contributed by atoms with Gasteiger partial charge in [-0.15, -0.1) is 11.8 Å². The highest BCUT2D eigenvalue weighted by atomic mass is 79.9. The first kappa shape index (κ1) is 25.6. The van der Waals surface area contributed by atoms with E-state index in [0.29, 0.717) is 34.6 Å². The first-order valence-electron chi connectivity index (χ1n) is 11.9. The Morgan fingerprint density at radius 3 is 2.71 bits per heavy atom. The van der Waals surface area contributed by atoms with Crippen molar-refractivity contribution in [1.82, 2.24) is 10.2 Å². The molecule has 6 nitrogen and oxygen atoms in total. The van der Waals surface area contributed by atoms with Gasteiger partial charge in [0.2, 0.25) is 5.91 Å². The number of carbonyl (C=O) groups is 2. The van der Waals surface area contributed by atoms with Crippen molar-refractivity contribution in [2.24, 2.45) is 0 Å². The second-order valence-electron chi connectivity index (χ2n) is 8.79. The number of halogens is 1. The second-order valence-corrected chi connectivity index (χ2v) is 11.0. The fourth-order valence-electron chi connectivity index (χ4n) is 4.70. The summed E-state index contributed by atoms with van der Waals surface area (Å²) in [5, 5.41) is 3.33. The summed E-state index contributed by atoms with van der Waals surface area (Å²) in [4.78, 5) is 28.8. The van der Waals surface area contributed by atoms with Crippen LogP contribution in [-0.4, -0.2) is 55.3 Å². The molecule has 0 aromatic heterocycles. The number of ether oxygens (including phenoxy) is 2. The summed E-state index contributed by atoms with van der Waals surface area (Å²) in [7, 11) is 3.21. The summed E-state index contributed by atoms with van der Waals surface area (Å²) in [6.45, 7) is 0.572. The summed E-state index contributed by atoms with van der Waals surface area (Å²) in [6.07, 6.45) is 6.89. The number of nitrogens with one attached hydrogen (secondary N) is 1. The van der Waals surface area contributed by atoms with E-state index < -0.39 is 0 Å².